The maximum absolute atomic E-state index is 13.9. The maximum atomic E-state index is 13.9. The van der Waals surface area contributed by atoms with Crippen molar-refractivity contribution in [2.75, 3.05) is 39.4 Å². The van der Waals surface area contributed by atoms with E-state index < -0.39 is 17.7 Å². The molecule has 0 aliphatic carbocycles. The summed E-state index contributed by atoms with van der Waals surface area (Å²) in [4.78, 5) is 36.0. The number of thiazole rings is 1. The van der Waals surface area contributed by atoms with Gasteiger partial charge in [0.05, 0.1) is 35.4 Å². The number of ketones is 1. The van der Waals surface area contributed by atoms with Crippen LogP contribution >= 0.6 is 22.9 Å². The van der Waals surface area contributed by atoms with Crippen LogP contribution in [0.4, 0.5) is 0 Å². The second-order valence-corrected chi connectivity index (χ2v) is 10.2. The number of ether oxygens (including phenoxy) is 1. The molecule has 1 fully saturated rings. The van der Waals surface area contributed by atoms with E-state index in [1.807, 2.05) is 30.3 Å². The summed E-state index contributed by atoms with van der Waals surface area (Å²) in [6.07, 6.45) is 0. The molecular formula is C27H26ClN3O4S. The van der Waals surface area contributed by atoms with E-state index in [1.54, 1.807) is 36.1 Å². The van der Waals surface area contributed by atoms with Crippen LogP contribution in [0.15, 0.2) is 65.9 Å². The van der Waals surface area contributed by atoms with Gasteiger partial charge in [-0.15, -0.1) is 11.3 Å². The number of nitrogens with zero attached hydrogens (tertiary/aromatic N) is 3. The fraction of sp³-hybridized carbons (Fsp3) is 0.296. The summed E-state index contributed by atoms with van der Waals surface area (Å²) < 4.78 is 5.42. The van der Waals surface area contributed by atoms with E-state index in [2.05, 4.69) is 9.88 Å². The maximum Gasteiger partial charge on any atom is 0.290 e. The Bertz CT molecular complexity index is 1300. The number of aromatic nitrogens is 1. The zero-order valence-electron chi connectivity index (χ0n) is 19.8. The molecule has 36 heavy (non-hydrogen) atoms. The van der Waals surface area contributed by atoms with Gasteiger partial charge in [0.2, 0.25) is 5.78 Å². The Morgan fingerprint density at radius 1 is 1.11 bits per heavy atom. The molecule has 2 aromatic carbocycles. The third-order valence-electron chi connectivity index (χ3n) is 6.52. The first-order valence-corrected chi connectivity index (χ1v) is 13.0. The van der Waals surface area contributed by atoms with E-state index >= 15 is 0 Å². The van der Waals surface area contributed by atoms with Crippen molar-refractivity contribution in [3.63, 3.8) is 0 Å². The van der Waals surface area contributed by atoms with Gasteiger partial charge in [0, 0.05) is 36.8 Å². The highest BCUT2D eigenvalue weighted by molar-refractivity contribution is 7.17. The molecule has 1 atom stereocenters. The molecule has 1 saturated heterocycles. The lowest BCUT2D eigenvalue weighted by Gasteiger charge is -2.31. The Balaban J connectivity index is 1.49. The number of hydrogen-bond donors (Lipinski definition) is 1. The Labute approximate surface area is 218 Å². The number of aliphatic hydroxyl groups excluding tert-OH is 1. The number of Topliss-reactive ketones (excluding diaryl/α,β-unsaturated/α-hetero) is 1. The molecule has 3 heterocycles. The number of morpholine rings is 1. The summed E-state index contributed by atoms with van der Waals surface area (Å²) in [6, 6.07) is 16.0. The molecule has 2 aliphatic heterocycles. The molecule has 5 rings (SSSR count). The molecule has 1 aromatic heterocycles. The number of carbonyl (C=O) groups is 2. The van der Waals surface area contributed by atoms with Crippen molar-refractivity contribution >= 4 is 34.6 Å². The number of aryl methyl sites for hydroxylation is 1. The van der Waals surface area contributed by atoms with Crippen LogP contribution in [-0.2, 0) is 9.53 Å². The Hall–Kier alpha value is -3.04. The van der Waals surface area contributed by atoms with Crippen LogP contribution in [-0.4, -0.2) is 71.0 Å². The molecule has 0 saturated carbocycles. The first-order chi connectivity index (χ1) is 17.4. The predicted molar refractivity (Wildman–Crippen MR) is 139 cm³/mol. The molecule has 1 amide bonds. The summed E-state index contributed by atoms with van der Waals surface area (Å²) in [6.45, 7) is 5.61. The highest BCUT2D eigenvalue weighted by Crippen LogP contribution is 2.41. The monoisotopic (exact) mass is 523 g/mol. The predicted octanol–water partition coefficient (Wildman–Crippen LogP) is 4.68. The van der Waals surface area contributed by atoms with Gasteiger partial charge in [-0.05, 0) is 24.6 Å². The van der Waals surface area contributed by atoms with Crippen LogP contribution in [0.2, 0.25) is 5.02 Å². The van der Waals surface area contributed by atoms with Crippen LogP contribution in [0.5, 0.6) is 0 Å². The van der Waals surface area contributed by atoms with Gasteiger partial charge < -0.3 is 14.7 Å². The average Bonchev–Trinajstić information content (AvgIpc) is 3.41. The molecule has 7 nitrogen and oxygen atoms in total. The third-order valence-corrected chi connectivity index (χ3v) is 7.98. The van der Waals surface area contributed by atoms with Crippen molar-refractivity contribution in [3.8, 4) is 10.6 Å². The normalized spacial score (nSPS) is 18.8. The van der Waals surface area contributed by atoms with E-state index in [0.29, 0.717) is 52.5 Å². The van der Waals surface area contributed by atoms with Crippen molar-refractivity contribution in [3.05, 3.63) is 87.1 Å². The lowest BCUT2D eigenvalue weighted by atomic mass is 9.95. The summed E-state index contributed by atoms with van der Waals surface area (Å²) in [5.74, 6) is -1.43. The molecule has 3 aromatic rings. The van der Waals surface area contributed by atoms with Crippen molar-refractivity contribution in [2.45, 2.75) is 13.0 Å². The summed E-state index contributed by atoms with van der Waals surface area (Å²) >= 11 is 7.39. The Kier molecular flexibility index (Phi) is 7.20. The zero-order valence-corrected chi connectivity index (χ0v) is 21.4. The number of hydrogen-bond acceptors (Lipinski definition) is 7. The molecule has 2 aliphatic rings. The second kappa shape index (κ2) is 10.5. The topological polar surface area (TPSA) is 83.0 Å². The summed E-state index contributed by atoms with van der Waals surface area (Å²) in [7, 11) is 0. The van der Waals surface area contributed by atoms with E-state index in [4.69, 9.17) is 16.3 Å². The Morgan fingerprint density at radius 3 is 2.50 bits per heavy atom. The lowest BCUT2D eigenvalue weighted by molar-refractivity contribution is -0.129. The molecular weight excluding hydrogens is 498 g/mol. The van der Waals surface area contributed by atoms with Crippen molar-refractivity contribution in [1.82, 2.24) is 14.8 Å². The highest BCUT2D eigenvalue weighted by atomic mass is 35.5. The minimum Gasteiger partial charge on any atom is -0.503 e. The smallest absolute Gasteiger partial charge is 0.290 e. The number of rotatable bonds is 7. The van der Waals surface area contributed by atoms with Gasteiger partial charge in [0.1, 0.15) is 5.01 Å². The van der Waals surface area contributed by atoms with Crippen LogP contribution in [0.25, 0.3) is 10.6 Å². The minimum absolute atomic E-state index is 0.0793. The molecule has 0 bridgehead atoms. The standard InChI is InChI=1S/C27H26ClN3O4S/c1-17-25(36-26(29-17)19-5-3-2-4-6-19)23(32)21-22(18-7-9-20(28)10-8-18)31(27(34)24(21)33)12-11-30-13-15-35-16-14-30/h2-10,22,33H,11-16H2,1H3. The molecule has 0 radical (unpaired) electrons. The first kappa shape index (κ1) is 24.6. The largest absolute Gasteiger partial charge is 0.503 e. The summed E-state index contributed by atoms with van der Waals surface area (Å²) in [5, 5.41) is 12.3. The Morgan fingerprint density at radius 2 is 1.81 bits per heavy atom. The van der Waals surface area contributed by atoms with Crippen molar-refractivity contribution in [2.24, 2.45) is 0 Å². The van der Waals surface area contributed by atoms with Crippen LogP contribution in [0.1, 0.15) is 27.0 Å². The van der Waals surface area contributed by atoms with Crippen LogP contribution in [0.3, 0.4) is 0 Å². The van der Waals surface area contributed by atoms with Gasteiger partial charge in [0.25, 0.3) is 5.91 Å². The number of carbonyl (C=O) groups excluding carboxylic acids is 2. The SMILES string of the molecule is Cc1nc(-c2ccccc2)sc1C(=O)C1=C(O)C(=O)N(CCN2CCOCC2)C1c1ccc(Cl)cc1. The van der Waals surface area contributed by atoms with Crippen molar-refractivity contribution in [1.29, 1.82) is 0 Å². The number of benzene rings is 2. The van der Waals surface area contributed by atoms with Gasteiger partial charge in [-0.3, -0.25) is 14.5 Å². The van der Waals surface area contributed by atoms with Gasteiger partial charge >= 0.3 is 0 Å². The lowest BCUT2D eigenvalue weighted by Crippen LogP contribution is -2.43. The zero-order chi connectivity index (χ0) is 25.2. The average molecular weight is 524 g/mol. The van der Waals surface area contributed by atoms with Crippen LogP contribution in [0, 0.1) is 6.92 Å². The van der Waals surface area contributed by atoms with Gasteiger partial charge in [-0.25, -0.2) is 4.98 Å². The highest BCUT2D eigenvalue weighted by Gasteiger charge is 2.44. The van der Waals surface area contributed by atoms with E-state index in [9.17, 15) is 14.7 Å². The third kappa shape index (κ3) is 4.82. The fourth-order valence-corrected chi connectivity index (χ4v) is 5.77. The number of amides is 1. The van der Waals surface area contributed by atoms with Gasteiger partial charge in [-0.2, -0.15) is 0 Å². The number of aliphatic hydroxyl groups is 1. The van der Waals surface area contributed by atoms with Crippen LogP contribution < -0.4 is 0 Å². The molecule has 1 N–H and O–H groups in total. The van der Waals surface area contributed by atoms with Gasteiger partial charge in [-0.1, -0.05) is 54.1 Å². The quantitative estimate of drug-likeness (QED) is 0.453. The number of halogens is 1. The summed E-state index contributed by atoms with van der Waals surface area (Å²) in [5.41, 5.74) is 2.27. The molecule has 186 valence electrons. The van der Waals surface area contributed by atoms with Crippen molar-refractivity contribution < 1.29 is 19.4 Å². The molecule has 0 spiro atoms. The molecule has 9 heteroatoms. The van der Waals surface area contributed by atoms with E-state index in [1.165, 1.54) is 11.3 Å². The molecule has 1 unspecified atom stereocenters. The second-order valence-electron chi connectivity index (χ2n) is 8.80. The van der Waals surface area contributed by atoms with E-state index in [-0.39, 0.29) is 11.4 Å². The first-order valence-electron chi connectivity index (χ1n) is 11.8. The van der Waals surface area contributed by atoms with E-state index in [0.717, 1.165) is 18.7 Å². The minimum atomic E-state index is -0.718. The fourth-order valence-electron chi connectivity index (χ4n) is 4.62. The van der Waals surface area contributed by atoms with Gasteiger partial charge in [0.15, 0.2) is 5.76 Å².